The molecule has 5 nitrogen and oxygen atoms in total. The van der Waals surface area contributed by atoms with Gasteiger partial charge in [0.1, 0.15) is 19.0 Å². The number of benzene rings is 2. The zero-order valence-corrected chi connectivity index (χ0v) is 15.8. The summed E-state index contributed by atoms with van der Waals surface area (Å²) in [6.07, 6.45) is 2.17. The first-order chi connectivity index (χ1) is 13.3. The van der Waals surface area contributed by atoms with Crippen LogP contribution in [0.1, 0.15) is 16.7 Å². The third-order valence-corrected chi connectivity index (χ3v) is 5.78. The molecule has 3 aliphatic heterocycles. The van der Waals surface area contributed by atoms with Gasteiger partial charge in [-0.15, -0.1) is 0 Å². The number of anilines is 1. The first kappa shape index (κ1) is 16.8. The van der Waals surface area contributed by atoms with Crippen LogP contribution in [0.5, 0.6) is 17.2 Å². The van der Waals surface area contributed by atoms with Gasteiger partial charge in [-0.1, -0.05) is 12.1 Å². The SMILES string of the molecule is Cc1c2c(cc3c1N(CC1COc4ccccc4O1)CCO3)CCNCC2. The van der Waals surface area contributed by atoms with Gasteiger partial charge in [-0.2, -0.15) is 0 Å². The molecule has 1 N–H and O–H groups in total. The molecule has 0 radical (unpaired) electrons. The molecular weight excluding hydrogens is 340 g/mol. The number of nitrogens with zero attached hydrogens (tertiary/aromatic N) is 1. The van der Waals surface area contributed by atoms with Gasteiger partial charge in [0.25, 0.3) is 0 Å². The summed E-state index contributed by atoms with van der Waals surface area (Å²) >= 11 is 0. The van der Waals surface area contributed by atoms with Gasteiger partial charge in [-0.25, -0.2) is 0 Å². The van der Waals surface area contributed by atoms with E-state index in [0.29, 0.717) is 13.2 Å². The first-order valence-electron chi connectivity index (χ1n) is 9.92. The Balaban J connectivity index is 1.42. The summed E-state index contributed by atoms with van der Waals surface area (Å²) in [5, 5.41) is 3.51. The highest BCUT2D eigenvalue weighted by atomic mass is 16.6. The lowest BCUT2D eigenvalue weighted by Crippen LogP contribution is -2.44. The minimum absolute atomic E-state index is 0.0192. The van der Waals surface area contributed by atoms with Gasteiger partial charge in [0, 0.05) is 0 Å². The zero-order valence-electron chi connectivity index (χ0n) is 15.8. The van der Waals surface area contributed by atoms with Crippen LogP contribution in [-0.4, -0.2) is 45.5 Å². The molecule has 1 unspecified atom stereocenters. The highest BCUT2D eigenvalue weighted by Gasteiger charge is 2.29. The first-order valence-corrected chi connectivity index (χ1v) is 9.92. The van der Waals surface area contributed by atoms with E-state index in [9.17, 15) is 0 Å². The fourth-order valence-electron chi connectivity index (χ4n) is 4.48. The normalized spacial score (nSPS) is 20.9. The fourth-order valence-corrected chi connectivity index (χ4v) is 4.48. The predicted octanol–water partition coefficient (Wildman–Crippen LogP) is 2.72. The maximum Gasteiger partial charge on any atom is 0.161 e. The largest absolute Gasteiger partial charge is 0.490 e. The van der Waals surface area contributed by atoms with Crippen LogP contribution in [0.2, 0.25) is 0 Å². The molecule has 3 aliphatic rings. The fraction of sp³-hybridized carbons (Fsp3) is 0.455. The van der Waals surface area contributed by atoms with Crippen molar-refractivity contribution in [3.05, 3.63) is 47.0 Å². The lowest BCUT2D eigenvalue weighted by atomic mass is 9.94. The highest BCUT2D eigenvalue weighted by Crippen LogP contribution is 2.40. The summed E-state index contributed by atoms with van der Waals surface area (Å²) in [7, 11) is 0. The summed E-state index contributed by atoms with van der Waals surface area (Å²) in [5.41, 5.74) is 5.53. The summed E-state index contributed by atoms with van der Waals surface area (Å²) in [6, 6.07) is 10.2. The van der Waals surface area contributed by atoms with Crippen LogP contribution < -0.4 is 24.4 Å². The van der Waals surface area contributed by atoms with Gasteiger partial charge in [0.15, 0.2) is 17.6 Å². The highest BCUT2D eigenvalue weighted by molar-refractivity contribution is 5.69. The standard InChI is InChI=1S/C22H26N2O3/c1-15-18-7-9-23-8-6-16(18)12-21-22(15)24(10-11-25-21)13-17-14-26-19-4-2-3-5-20(19)27-17/h2-5,12,17,23H,6-11,13-14H2,1H3. The number of hydrogen-bond donors (Lipinski definition) is 1. The molecule has 0 saturated heterocycles. The third-order valence-electron chi connectivity index (χ3n) is 5.78. The smallest absolute Gasteiger partial charge is 0.161 e. The summed E-state index contributed by atoms with van der Waals surface area (Å²) in [6.45, 7) is 7.32. The number of ether oxygens (including phenoxy) is 3. The second kappa shape index (κ2) is 6.97. The predicted molar refractivity (Wildman–Crippen MR) is 106 cm³/mol. The minimum Gasteiger partial charge on any atom is -0.490 e. The Morgan fingerprint density at radius 3 is 2.85 bits per heavy atom. The van der Waals surface area contributed by atoms with Gasteiger partial charge in [-0.3, -0.25) is 0 Å². The van der Waals surface area contributed by atoms with E-state index in [0.717, 1.165) is 56.3 Å². The van der Waals surface area contributed by atoms with E-state index in [1.54, 1.807) is 0 Å². The molecule has 2 aromatic rings. The van der Waals surface area contributed by atoms with Crippen LogP contribution in [-0.2, 0) is 12.8 Å². The van der Waals surface area contributed by atoms with Crippen molar-refractivity contribution in [3.8, 4) is 17.2 Å². The molecule has 0 bridgehead atoms. The van der Waals surface area contributed by atoms with Gasteiger partial charge >= 0.3 is 0 Å². The molecule has 0 spiro atoms. The monoisotopic (exact) mass is 366 g/mol. The molecule has 5 rings (SSSR count). The van der Waals surface area contributed by atoms with Crippen LogP contribution >= 0.6 is 0 Å². The minimum atomic E-state index is 0.0192. The van der Waals surface area contributed by atoms with Crippen molar-refractivity contribution in [2.45, 2.75) is 25.9 Å². The van der Waals surface area contributed by atoms with Gasteiger partial charge < -0.3 is 24.4 Å². The molecule has 142 valence electrons. The lowest BCUT2D eigenvalue weighted by Gasteiger charge is -2.37. The molecule has 5 heteroatoms. The van der Waals surface area contributed by atoms with Crippen molar-refractivity contribution >= 4 is 5.69 Å². The van der Waals surface area contributed by atoms with Crippen molar-refractivity contribution in [2.24, 2.45) is 0 Å². The van der Waals surface area contributed by atoms with Crippen molar-refractivity contribution in [1.82, 2.24) is 5.32 Å². The number of rotatable bonds is 2. The second-order valence-corrected chi connectivity index (χ2v) is 7.53. The number of para-hydroxylation sites is 2. The van der Waals surface area contributed by atoms with Gasteiger partial charge in [0.05, 0.1) is 18.8 Å². The molecule has 0 saturated carbocycles. The Morgan fingerprint density at radius 1 is 1.07 bits per heavy atom. The van der Waals surface area contributed by atoms with Crippen LogP contribution in [0.4, 0.5) is 5.69 Å². The topological polar surface area (TPSA) is 43.0 Å². The molecule has 3 heterocycles. The maximum absolute atomic E-state index is 6.20. The van der Waals surface area contributed by atoms with Gasteiger partial charge in [0.2, 0.25) is 0 Å². The zero-order chi connectivity index (χ0) is 18.2. The number of fused-ring (bicyclic) bond motifs is 3. The molecule has 0 amide bonds. The van der Waals surface area contributed by atoms with E-state index in [4.69, 9.17) is 14.2 Å². The molecule has 0 aliphatic carbocycles. The summed E-state index contributed by atoms with van der Waals surface area (Å²) in [4.78, 5) is 2.43. The molecule has 0 aromatic heterocycles. The molecular formula is C22H26N2O3. The Hall–Kier alpha value is -2.40. The second-order valence-electron chi connectivity index (χ2n) is 7.53. The lowest BCUT2D eigenvalue weighted by molar-refractivity contribution is 0.0939. The van der Waals surface area contributed by atoms with Crippen LogP contribution in [0, 0.1) is 6.92 Å². The van der Waals surface area contributed by atoms with Crippen LogP contribution in [0.15, 0.2) is 30.3 Å². The van der Waals surface area contributed by atoms with Crippen molar-refractivity contribution in [2.75, 3.05) is 44.3 Å². The Kier molecular flexibility index (Phi) is 4.32. The van der Waals surface area contributed by atoms with Crippen molar-refractivity contribution in [3.63, 3.8) is 0 Å². The molecule has 2 aromatic carbocycles. The average molecular weight is 366 g/mol. The van der Waals surface area contributed by atoms with E-state index < -0.39 is 0 Å². The summed E-state index contributed by atoms with van der Waals surface area (Å²) < 4.78 is 18.2. The van der Waals surface area contributed by atoms with E-state index >= 15 is 0 Å². The van der Waals surface area contributed by atoms with E-state index in [1.165, 1.54) is 22.4 Å². The van der Waals surface area contributed by atoms with Crippen molar-refractivity contribution < 1.29 is 14.2 Å². The Bertz CT molecular complexity index is 852. The van der Waals surface area contributed by atoms with Crippen LogP contribution in [0.25, 0.3) is 0 Å². The average Bonchev–Trinajstić information content (AvgIpc) is 2.94. The Morgan fingerprint density at radius 2 is 1.93 bits per heavy atom. The summed E-state index contributed by atoms with van der Waals surface area (Å²) in [5.74, 6) is 2.70. The number of nitrogens with one attached hydrogen (secondary N) is 1. The van der Waals surface area contributed by atoms with E-state index in [-0.39, 0.29) is 6.10 Å². The molecule has 1 atom stereocenters. The quantitative estimate of drug-likeness (QED) is 0.885. The van der Waals surface area contributed by atoms with Crippen LogP contribution in [0.3, 0.4) is 0 Å². The Labute approximate surface area is 160 Å². The van der Waals surface area contributed by atoms with E-state index in [2.05, 4.69) is 23.2 Å². The van der Waals surface area contributed by atoms with Gasteiger partial charge in [-0.05, 0) is 67.7 Å². The van der Waals surface area contributed by atoms with Crippen molar-refractivity contribution in [1.29, 1.82) is 0 Å². The maximum atomic E-state index is 6.20. The molecule has 0 fully saturated rings. The van der Waals surface area contributed by atoms with E-state index in [1.807, 2.05) is 24.3 Å². The number of hydrogen-bond acceptors (Lipinski definition) is 5. The molecule has 27 heavy (non-hydrogen) atoms. The third kappa shape index (κ3) is 3.10.